The summed E-state index contributed by atoms with van der Waals surface area (Å²) in [4.78, 5) is 48.3. The zero-order valence-corrected chi connectivity index (χ0v) is 18.7. The van der Waals surface area contributed by atoms with Crippen LogP contribution < -0.4 is 5.56 Å². The average Bonchev–Trinajstić information content (AvgIpc) is 2.93. The van der Waals surface area contributed by atoms with Crippen molar-refractivity contribution >= 4 is 34.2 Å². The zero-order valence-electron chi connectivity index (χ0n) is 16.0. The highest BCUT2D eigenvalue weighted by molar-refractivity contribution is 7.66. The summed E-state index contributed by atoms with van der Waals surface area (Å²) in [5.74, 6) is -0.695. The molecule has 0 bridgehead atoms. The van der Waals surface area contributed by atoms with E-state index < -0.39 is 66.0 Å². The van der Waals surface area contributed by atoms with Gasteiger partial charge in [-0.1, -0.05) is 6.07 Å². The third-order valence-electron chi connectivity index (χ3n) is 4.32. The summed E-state index contributed by atoms with van der Waals surface area (Å²) in [5.41, 5.74) is -0.781. The number of halogens is 1. The maximum absolute atomic E-state index is 13.5. The summed E-state index contributed by atoms with van der Waals surface area (Å²) in [7, 11) is -16.8. The number of ether oxygens (including phenoxy) is 1. The number of phosphoric acid groups is 3. The standard InChI is InChI=1S/C14H17FNO14P3/c15-8-2-1-7-3-4-16(13(19)9(7)5-8)14-12(18)11(17)10(28-14)6-27-32(23,24)30-33(25,26)29-31(20,21)22/h1-5,10-12,14,17-18H,6H2,(H,23,24)(H,25,26)(H2,20,21,22)/t10-,11-,12-,14-/m1/s1. The van der Waals surface area contributed by atoms with E-state index in [-0.39, 0.29) is 5.39 Å². The van der Waals surface area contributed by atoms with Crippen LogP contribution in [0.3, 0.4) is 0 Å². The van der Waals surface area contributed by atoms with Crippen LogP contribution in [-0.2, 0) is 31.6 Å². The second kappa shape index (κ2) is 9.36. The Kier molecular flexibility index (Phi) is 7.45. The minimum Gasteiger partial charge on any atom is -0.387 e. The fraction of sp³-hybridized carbons (Fsp3) is 0.357. The van der Waals surface area contributed by atoms with Gasteiger partial charge in [-0.3, -0.25) is 13.9 Å². The van der Waals surface area contributed by atoms with Gasteiger partial charge in [-0.05, 0) is 23.6 Å². The van der Waals surface area contributed by atoms with Crippen molar-refractivity contribution in [3.05, 3.63) is 46.6 Å². The van der Waals surface area contributed by atoms with Gasteiger partial charge in [0.2, 0.25) is 0 Å². The Hall–Kier alpha value is -1.35. The number of aliphatic hydroxyl groups is 2. The first kappa shape index (κ1) is 26.3. The molecule has 33 heavy (non-hydrogen) atoms. The normalized spacial score (nSPS) is 27.4. The third-order valence-corrected chi connectivity index (χ3v) is 8.13. The van der Waals surface area contributed by atoms with Crippen molar-refractivity contribution in [1.29, 1.82) is 0 Å². The van der Waals surface area contributed by atoms with Crippen LogP contribution in [0.25, 0.3) is 10.8 Å². The van der Waals surface area contributed by atoms with Gasteiger partial charge in [0.1, 0.15) is 24.1 Å². The molecule has 1 fully saturated rings. The van der Waals surface area contributed by atoms with Crippen molar-refractivity contribution < 1.29 is 65.8 Å². The second-order valence-electron chi connectivity index (χ2n) is 6.69. The Morgan fingerprint density at radius 2 is 1.67 bits per heavy atom. The predicted molar refractivity (Wildman–Crippen MR) is 104 cm³/mol. The summed E-state index contributed by atoms with van der Waals surface area (Å²) in [5, 5.41) is 20.7. The number of fused-ring (bicyclic) bond motifs is 1. The number of aromatic nitrogens is 1. The molecular formula is C14H17FNO14P3. The highest BCUT2D eigenvalue weighted by atomic mass is 31.3. The molecule has 184 valence electrons. The van der Waals surface area contributed by atoms with E-state index in [1.54, 1.807) is 0 Å². The van der Waals surface area contributed by atoms with Crippen LogP contribution in [0.4, 0.5) is 4.39 Å². The molecule has 0 aliphatic carbocycles. The van der Waals surface area contributed by atoms with Crippen molar-refractivity contribution in [3.8, 4) is 0 Å². The first-order valence-electron chi connectivity index (χ1n) is 8.69. The van der Waals surface area contributed by atoms with Gasteiger partial charge in [0.15, 0.2) is 6.23 Å². The van der Waals surface area contributed by atoms with E-state index in [4.69, 9.17) is 19.4 Å². The molecule has 1 aromatic carbocycles. The molecule has 2 heterocycles. The first-order valence-corrected chi connectivity index (χ1v) is 13.2. The predicted octanol–water partition coefficient (Wildman–Crippen LogP) is 0.103. The lowest BCUT2D eigenvalue weighted by Crippen LogP contribution is -2.35. The number of nitrogens with zero attached hydrogens (tertiary/aromatic N) is 1. The van der Waals surface area contributed by atoms with Gasteiger partial charge >= 0.3 is 23.5 Å². The fourth-order valence-electron chi connectivity index (χ4n) is 2.99. The van der Waals surface area contributed by atoms with Crippen LogP contribution in [0, 0.1) is 5.82 Å². The van der Waals surface area contributed by atoms with Gasteiger partial charge in [-0.15, -0.1) is 0 Å². The largest absolute Gasteiger partial charge is 0.490 e. The smallest absolute Gasteiger partial charge is 0.387 e. The van der Waals surface area contributed by atoms with Crippen LogP contribution >= 0.6 is 23.5 Å². The summed E-state index contributed by atoms with van der Waals surface area (Å²) in [6, 6.07) is 4.86. The van der Waals surface area contributed by atoms with Crippen LogP contribution in [-0.4, -0.2) is 59.3 Å². The number of hydrogen-bond acceptors (Lipinski definition) is 10. The molecule has 15 nitrogen and oxygen atoms in total. The SMILES string of the molecule is O=c1c2cc(F)ccc2ccn1[C@@H]1O[C@H](COP(=O)(O)OP(=O)(O)OP(=O)(O)O)[C@@H](O)[C@H]1O. The van der Waals surface area contributed by atoms with E-state index in [0.717, 1.165) is 16.7 Å². The Labute approximate surface area is 183 Å². The zero-order chi connectivity index (χ0) is 24.8. The van der Waals surface area contributed by atoms with Crippen LogP contribution in [0.5, 0.6) is 0 Å². The molecule has 2 unspecified atom stereocenters. The van der Waals surface area contributed by atoms with E-state index in [0.29, 0.717) is 5.39 Å². The lowest BCUT2D eigenvalue weighted by molar-refractivity contribution is -0.0533. The quantitative estimate of drug-likeness (QED) is 0.246. The molecule has 0 radical (unpaired) electrons. The Morgan fingerprint density at radius 1 is 1.00 bits per heavy atom. The lowest BCUT2D eigenvalue weighted by Gasteiger charge is -2.19. The van der Waals surface area contributed by atoms with Gasteiger partial charge in [0.25, 0.3) is 5.56 Å². The molecule has 1 aliphatic rings. The highest BCUT2D eigenvalue weighted by Gasteiger charge is 2.46. The molecule has 19 heteroatoms. The van der Waals surface area contributed by atoms with Crippen molar-refractivity contribution in [3.63, 3.8) is 0 Å². The molecular weight excluding hydrogens is 518 g/mol. The monoisotopic (exact) mass is 535 g/mol. The highest BCUT2D eigenvalue weighted by Crippen LogP contribution is 2.66. The average molecular weight is 535 g/mol. The number of benzene rings is 1. The molecule has 6 atom stereocenters. The molecule has 1 aliphatic heterocycles. The molecule has 0 spiro atoms. The Morgan fingerprint density at radius 3 is 2.30 bits per heavy atom. The molecule has 1 saturated heterocycles. The Bertz CT molecular complexity index is 1250. The number of hydrogen-bond donors (Lipinski definition) is 6. The van der Waals surface area contributed by atoms with Crippen LogP contribution in [0.1, 0.15) is 6.23 Å². The van der Waals surface area contributed by atoms with E-state index in [2.05, 4.69) is 13.1 Å². The van der Waals surface area contributed by atoms with Crippen LogP contribution in [0.15, 0.2) is 35.3 Å². The van der Waals surface area contributed by atoms with Gasteiger partial charge in [-0.25, -0.2) is 18.1 Å². The number of phosphoric ester groups is 1. The molecule has 0 saturated carbocycles. The van der Waals surface area contributed by atoms with Crippen molar-refractivity contribution in [2.24, 2.45) is 0 Å². The third kappa shape index (κ3) is 6.41. The first-order chi connectivity index (χ1) is 15.1. The number of pyridine rings is 1. The summed E-state index contributed by atoms with van der Waals surface area (Å²) in [6.07, 6.45) is -5.46. The fourth-order valence-corrected chi connectivity index (χ4v) is 6.02. The van der Waals surface area contributed by atoms with Gasteiger partial charge in [-0.2, -0.15) is 8.62 Å². The van der Waals surface area contributed by atoms with Gasteiger partial charge < -0.3 is 34.5 Å². The van der Waals surface area contributed by atoms with Gasteiger partial charge in [0, 0.05) is 6.20 Å². The minimum atomic E-state index is -5.75. The number of aliphatic hydroxyl groups excluding tert-OH is 2. The van der Waals surface area contributed by atoms with Crippen molar-refractivity contribution in [2.45, 2.75) is 24.5 Å². The lowest BCUT2D eigenvalue weighted by atomic mass is 10.1. The summed E-state index contributed by atoms with van der Waals surface area (Å²) in [6.45, 7) is -1.05. The maximum Gasteiger partial charge on any atom is 0.490 e. The molecule has 6 N–H and O–H groups in total. The van der Waals surface area contributed by atoms with Crippen LogP contribution in [0.2, 0.25) is 0 Å². The molecule has 0 amide bonds. The molecule has 2 aromatic rings. The second-order valence-corrected chi connectivity index (χ2v) is 11.1. The maximum atomic E-state index is 13.5. The topological polar surface area (TPSA) is 232 Å². The van der Waals surface area contributed by atoms with Crippen molar-refractivity contribution in [1.82, 2.24) is 4.57 Å². The van der Waals surface area contributed by atoms with E-state index in [1.165, 1.54) is 18.3 Å². The minimum absolute atomic E-state index is 0.0560. The molecule has 3 rings (SSSR count). The van der Waals surface area contributed by atoms with Gasteiger partial charge in [0.05, 0.1) is 12.0 Å². The summed E-state index contributed by atoms with van der Waals surface area (Å²) < 4.78 is 64.9. The Balaban J connectivity index is 1.74. The molecule has 1 aromatic heterocycles. The van der Waals surface area contributed by atoms with E-state index in [9.17, 15) is 38.0 Å². The summed E-state index contributed by atoms with van der Waals surface area (Å²) >= 11 is 0. The number of rotatable bonds is 8. The van der Waals surface area contributed by atoms with E-state index >= 15 is 0 Å². The van der Waals surface area contributed by atoms with E-state index in [1.807, 2.05) is 0 Å². The van der Waals surface area contributed by atoms with Crippen molar-refractivity contribution in [2.75, 3.05) is 6.61 Å².